The number of nitrogen functional groups attached to an aromatic ring is 1. The van der Waals surface area contributed by atoms with E-state index in [1.807, 2.05) is 0 Å². The molecule has 0 saturated carbocycles. The lowest BCUT2D eigenvalue weighted by molar-refractivity contribution is -0.119. The lowest BCUT2D eigenvalue weighted by Gasteiger charge is -2.21. The maximum Gasteiger partial charge on any atom is 0.251 e. The van der Waals surface area contributed by atoms with E-state index in [1.165, 1.54) is 6.92 Å². The van der Waals surface area contributed by atoms with Crippen LogP contribution in [0, 0.1) is 0 Å². The van der Waals surface area contributed by atoms with E-state index < -0.39 is 0 Å². The Labute approximate surface area is 118 Å². The van der Waals surface area contributed by atoms with Crippen LogP contribution in [-0.2, 0) is 4.79 Å². The Morgan fingerprint density at radius 2 is 2.15 bits per heavy atom. The van der Waals surface area contributed by atoms with Crippen molar-refractivity contribution in [3.8, 4) is 0 Å². The molecule has 1 unspecified atom stereocenters. The fourth-order valence-electron chi connectivity index (χ4n) is 2.49. The number of hydrogen-bond donors (Lipinski definition) is 3. The zero-order valence-electron chi connectivity index (χ0n) is 11.8. The van der Waals surface area contributed by atoms with E-state index >= 15 is 0 Å². The van der Waals surface area contributed by atoms with Gasteiger partial charge < -0.3 is 21.3 Å². The Hall–Kier alpha value is -2.24. The summed E-state index contributed by atoms with van der Waals surface area (Å²) in [5, 5.41) is 5.51. The standard InChI is InChI=1S/C14H20N4O2/c1-9(19)17-11-5-6-18(8-11)13-7-10(14(20)16-2)3-4-12(13)15/h3-4,7,11H,5-6,8,15H2,1-2H3,(H,16,20)(H,17,19). The SMILES string of the molecule is CNC(=O)c1ccc(N)c(N2CCC(NC(C)=O)C2)c1. The van der Waals surface area contributed by atoms with Crippen LogP contribution in [-0.4, -0.2) is 38.0 Å². The van der Waals surface area contributed by atoms with Gasteiger partial charge in [-0.2, -0.15) is 0 Å². The van der Waals surface area contributed by atoms with Gasteiger partial charge in [-0.05, 0) is 24.6 Å². The van der Waals surface area contributed by atoms with Crippen LogP contribution in [0.25, 0.3) is 0 Å². The van der Waals surface area contributed by atoms with Gasteiger partial charge in [-0.3, -0.25) is 9.59 Å². The Kier molecular flexibility index (Phi) is 4.12. The average molecular weight is 276 g/mol. The Bertz CT molecular complexity index is 530. The number of nitrogens with zero attached hydrogens (tertiary/aromatic N) is 1. The molecule has 0 radical (unpaired) electrons. The van der Waals surface area contributed by atoms with Crippen molar-refractivity contribution in [1.82, 2.24) is 10.6 Å². The van der Waals surface area contributed by atoms with Crippen LogP contribution in [0.5, 0.6) is 0 Å². The number of benzene rings is 1. The maximum absolute atomic E-state index is 11.7. The quantitative estimate of drug-likeness (QED) is 0.695. The molecule has 2 amide bonds. The van der Waals surface area contributed by atoms with Crippen molar-refractivity contribution in [3.05, 3.63) is 23.8 Å². The van der Waals surface area contributed by atoms with Crippen LogP contribution >= 0.6 is 0 Å². The highest BCUT2D eigenvalue weighted by molar-refractivity contribution is 5.96. The van der Waals surface area contributed by atoms with E-state index in [1.54, 1.807) is 25.2 Å². The second-order valence-corrected chi connectivity index (χ2v) is 4.98. The highest BCUT2D eigenvalue weighted by atomic mass is 16.2. The van der Waals surface area contributed by atoms with E-state index in [4.69, 9.17) is 5.73 Å². The molecule has 1 heterocycles. The Morgan fingerprint density at radius 3 is 2.80 bits per heavy atom. The van der Waals surface area contributed by atoms with Gasteiger partial charge in [-0.15, -0.1) is 0 Å². The zero-order chi connectivity index (χ0) is 14.7. The number of amides is 2. The molecule has 2 rings (SSSR count). The number of hydrogen-bond acceptors (Lipinski definition) is 4. The molecule has 0 spiro atoms. The highest BCUT2D eigenvalue weighted by Gasteiger charge is 2.24. The molecule has 1 saturated heterocycles. The van der Waals surface area contributed by atoms with Gasteiger partial charge in [-0.25, -0.2) is 0 Å². The molecule has 1 aromatic carbocycles. The Balaban J connectivity index is 2.16. The third kappa shape index (κ3) is 3.01. The summed E-state index contributed by atoms with van der Waals surface area (Å²) in [5.74, 6) is -0.159. The van der Waals surface area contributed by atoms with Crippen molar-refractivity contribution in [1.29, 1.82) is 0 Å². The minimum absolute atomic E-state index is 0.0241. The van der Waals surface area contributed by atoms with Gasteiger partial charge in [0.2, 0.25) is 5.91 Å². The van der Waals surface area contributed by atoms with Crippen molar-refractivity contribution < 1.29 is 9.59 Å². The topological polar surface area (TPSA) is 87.5 Å². The van der Waals surface area contributed by atoms with E-state index in [0.717, 1.165) is 18.7 Å². The van der Waals surface area contributed by atoms with Gasteiger partial charge >= 0.3 is 0 Å². The summed E-state index contributed by atoms with van der Waals surface area (Å²) in [6.45, 7) is 3.04. The molecule has 1 aromatic rings. The van der Waals surface area contributed by atoms with E-state index in [-0.39, 0.29) is 17.9 Å². The lowest BCUT2D eigenvalue weighted by atomic mass is 10.1. The number of rotatable bonds is 3. The van der Waals surface area contributed by atoms with Crippen LogP contribution in [0.2, 0.25) is 0 Å². The normalized spacial score (nSPS) is 17.9. The zero-order valence-corrected chi connectivity index (χ0v) is 11.8. The van der Waals surface area contributed by atoms with Gasteiger partial charge in [0.15, 0.2) is 0 Å². The number of carbonyl (C=O) groups is 2. The Morgan fingerprint density at radius 1 is 1.40 bits per heavy atom. The third-order valence-electron chi connectivity index (χ3n) is 3.46. The van der Waals surface area contributed by atoms with E-state index in [2.05, 4.69) is 15.5 Å². The second kappa shape index (κ2) is 5.81. The number of anilines is 2. The molecule has 20 heavy (non-hydrogen) atoms. The molecular weight excluding hydrogens is 256 g/mol. The fourth-order valence-corrected chi connectivity index (χ4v) is 2.49. The first-order chi connectivity index (χ1) is 9.51. The maximum atomic E-state index is 11.7. The predicted molar refractivity (Wildman–Crippen MR) is 78.7 cm³/mol. The van der Waals surface area contributed by atoms with Crippen LogP contribution in [0.3, 0.4) is 0 Å². The predicted octanol–water partition coefficient (Wildman–Crippen LogP) is 0.343. The smallest absolute Gasteiger partial charge is 0.251 e. The van der Waals surface area contributed by atoms with Gasteiger partial charge in [0.1, 0.15) is 0 Å². The summed E-state index contributed by atoms with van der Waals surface area (Å²) in [5.41, 5.74) is 8.07. The van der Waals surface area contributed by atoms with Crippen LogP contribution in [0.1, 0.15) is 23.7 Å². The first kappa shape index (κ1) is 14.2. The van der Waals surface area contributed by atoms with Crippen molar-refractivity contribution in [2.45, 2.75) is 19.4 Å². The van der Waals surface area contributed by atoms with Gasteiger partial charge in [0.05, 0.1) is 11.4 Å². The summed E-state index contributed by atoms with van der Waals surface area (Å²) in [6, 6.07) is 5.38. The minimum atomic E-state index is -0.135. The summed E-state index contributed by atoms with van der Waals surface area (Å²) < 4.78 is 0. The molecule has 1 aliphatic heterocycles. The monoisotopic (exact) mass is 276 g/mol. The first-order valence-corrected chi connectivity index (χ1v) is 6.65. The van der Waals surface area contributed by atoms with Crippen molar-refractivity contribution in [2.75, 3.05) is 30.8 Å². The summed E-state index contributed by atoms with van der Waals surface area (Å²) in [7, 11) is 1.60. The van der Waals surface area contributed by atoms with Crippen LogP contribution in [0.4, 0.5) is 11.4 Å². The molecule has 0 aliphatic carbocycles. The summed E-state index contributed by atoms with van der Waals surface area (Å²) in [6.07, 6.45) is 0.878. The molecule has 0 aromatic heterocycles. The first-order valence-electron chi connectivity index (χ1n) is 6.65. The summed E-state index contributed by atoms with van der Waals surface area (Å²) in [4.78, 5) is 24.9. The van der Waals surface area contributed by atoms with Crippen molar-refractivity contribution in [2.24, 2.45) is 0 Å². The van der Waals surface area contributed by atoms with Crippen molar-refractivity contribution >= 4 is 23.2 Å². The summed E-state index contributed by atoms with van der Waals surface area (Å²) >= 11 is 0. The average Bonchev–Trinajstić information content (AvgIpc) is 2.85. The molecule has 1 atom stereocenters. The molecule has 108 valence electrons. The molecule has 0 bridgehead atoms. The minimum Gasteiger partial charge on any atom is -0.397 e. The van der Waals surface area contributed by atoms with Gasteiger partial charge in [0, 0.05) is 38.7 Å². The highest BCUT2D eigenvalue weighted by Crippen LogP contribution is 2.28. The number of carbonyl (C=O) groups excluding carboxylic acids is 2. The third-order valence-corrected chi connectivity index (χ3v) is 3.46. The lowest BCUT2D eigenvalue weighted by Crippen LogP contribution is -2.35. The number of nitrogens with one attached hydrogen (secondary N) is 2. The molecular formula is C14H20N4O2. The van der Waals surface area contributed by atoms with Gasteiger partial charge in [-0.1, -0.05) is 0 Å². The second-order valence-electron chi connectivity index (χ2n) is 4.98. The fraction of sp³-hybridized carbons (Fsp3) is 0.429. The molecule has 6 nitrogen and oxygen atoms in total. The molecule has 6 heteroatoms. The molecule has 4 N–H and O–H groups in total. The van der Waals surface area contributed by atoms with E-state index in [9.17, 15) is 9.59 Å². The van der Waals surface area contributed by atoms with Crippen LogP contribution in [0.15, 0.2) is 18.2 Å². The van der Waals surface area contributed by atoms with E-state index in [0.29, 0.717) is 17.8 Å². The van der Waals surface area contributed by atoms with Gasteiger partial charge in [0.25, 0.3) is 5.91 Å². The number of nitrogens with two attached hydrogens (primary N) is 1. The van der Waals surface area contributed by atoms with Crippen molar-refractivity contribution in [3.63, 3.8) is 0 Å². The molecule has 1 aliphatic rings. The van der Waals surface area contributed by atoms with Crippen LogP contribution < -0.4 is 21.3 Å². The molecule has 1 fully saturated rings. The largest absolute Gasteiger partial charge is 0.397 e.